The van der Waals surface area contributed by atoms with Crippen LogP contribution in [0.2, 0.25) is 0 Å². The highest BCUT2D eigenvalue weighted by Gasteiger charge is 2.30. The molecule has 0 saturated carbocycles. The van der Waals surface area contributed by atoms with Gasteiger partial charge in [-0.3, -0.25) is 0 Å². The number of thiophene rings is 1. The fourth-order valence-electron chi connectivity index (χ4n) is 3.52. The number of fused-ring (bicyclic) bond motifs is 5. The Labute approximate surface area is 165 Å². The smallest absolute Gasteiger partial charge is 0.191 e. The molecule has 0 fully saturated rings. The van der Waals surface area contributed by atoms with Crippen LogP contribution in [0.15, 0.2) is 30.3 Å². The van der Waals surface area contributed by atoms with Crippen molar-refractivity contribution in [2.45, 2.75) is 32.8 Å². The van der Waals surface area contributed by atoms with Gasteiger partial charge in [0, 0.05) is 26.8 Å². The van der Waals surface area contributed by atoms with Crippen molar-refractivity contribution in [1.82, 2.24) is 0 Å². The van der Waals surface area contributed by atoms with Gasteiger partial charge in [0.05, 0.1) is 12.0 Å². The summed E-state index contributed by atoms with van der Waals surface area (Å²) in [4.78, 5) is 0.725. The number of methoxy groups -OCH3 is 1. The maximum Gasteiger partial charge on any atom is 0.191 e. The fraction of sp³-hybridized carbons (Fsp3) is 0.273. The van der Waals surface area contributed by atoms with Gasteiger partial charge in [0.1, 0.15) is 18.2 Å². The molecule has 3 aromatic rings. The van der Waals surface area contributed by atoms with Crippen LogP contribution in [-0.4, -0.2) is 7.11 Å². The standard InChI is InChI=1S/C22H19F3O2S/c1-3-4-5-6-16-22-19(14-8-7-13(23)10-17(14)28-22)18-12(11-27-16)9-15(24)21(26-2)20(18)25/h6-10H,3-5,11H2,1-2H3/b16-6-. The number of halogens is 3. The molecule has 1 aromatic heterocycles. The first-order chi connectivity index (χ1) is 13.5. The molecule has 4 rings (SSSR count). The maximum absolute atomic E-state index is 15.3. The van der Waals surface area contributed by atoms with E-state index in [1.807, 2.05) is 6.08 Å². The molecule has 0 amide bonds. The van der Waals surface area contributed by atoms with E-state index in [0.717, 1.165) is 24.1 Å². The molecule has 0 N–H and O–H groups in total. The van der Waals surface area contributed by atoms with Crippen molar-refractivity contribution in [2.24, 2.45) is 0 Å². The second kappa shape index (κ2) is 7.51. The van der Waals surface area contributed by atoms with E-state index in [1.165, 1.54) is 36.6 Å². The first-order valence-electron chi connectivity index (χ1n) is 9.15. The van der Waals surface area contributed by atoms with Gasteiger partial charge in [-0.2, -0.15) is 0 Å². The van der Waals surface area contributed by atoms with E-state index in [9.17, 15) is 8.78 Å². The number of allylic oxidation sites excluding steroid dienone is 1. The zero-order valence-corrected chi connectivity index (χ0v) is 16.4. The Bertz CT molecular complexity index is 1090. The van der Waals surface area contributed by atoms with Gasteiger partial charge in [-0.1, -0.05) is 13.3 Å². The Morgan fingerprint density at radius 1 is 1.18 bits per heavy atom. The minimum atomic E-state index is -0.770. The Morgan fingerprint density at radius 2 is 2.00 bits per heavy atom. The molecule has 0 unspecified atom stereocenters. The van der Waals surface area contributed by atoms with Crippen LogP contribution < -0.4 is 4.74 Å². The van der Waals surface area contributed by atoms with E-state index in [0.29, 0.717) is 27.0 Å². The Kier molecular flexibility index (Phi) is 5.06. The monoisotopic (exact) mass is 404 g/mol. The molecule has 2 heterocycles. The number of unbranched alkanes of at least 4 members (excludes halogenated alkanes) is 2. The van der Waals surface area contributed by atoms with E-state index in [-0.39, 0.29) is 18.0 Å². The van der Waals surface area contributed by atoms with Crippen LogP contribution in [0.4, 0.5) is 13.2 Å². The van der Waals surface area contributed by atoms with Crippen LogP contribution in [0.5, 0.6) is 5.75 Å². The average Bonchev–Trinajstić information content (AvgIpc) is 2.95. The van der Waals surface area contributed by atoms with Crippen molar-refractivity contribution < 1.29 is 22.6 Å². The number of benzene rings is 2. The van der Waals surface area contributed by atoms with Gasteiger partial charge in [0.2, 0.25) is 0 Å². The normalized spacial score (nSPS) is 14.5. The molecule has 2 aromatic carbocycles. The molecule has 1 aliphatic heterocycles. The summed E-state index contributed by atoms with van der Waals surface area (Å²) in [6.45, 7) is 2.15. The molecule has 0 saturated heterocycles. The van der Waals surface area contributed by atoms with Crippen LogP contribution in [-0.2, 0) is 11.3 Å². The predicted octanol–water partition coefficient (Wildman–Crippen LogP) is 7.06. The van der Waals surface area contributed by atoms with Crippen LogP contribution in [0, 0.1) is 17.5 Å². The lowest BCUT2D eigenvalue weighted by Gasteiger charge is -2.12. The Balaban J connectivity index is 2.04. The molecule has 0 atom stereocenters. The second-order valence-corrected chi connectivity index (χ2v) is 7.74. The van der Waals surface area contributed by atoms with Crippen LogP contribution in [0.3, 0.4) is 0 Å². The summed E-state index contributed by atoms with van der Waals surface area (Å²) in [6, 6.07) is 5.66. The summed E-state index contributed by atoms with van der Waals surface area (Å²) in [7, 11) is 1.24. The third kappa shape index (κ3) is 3.05. The van der Waals surface area contributed by atoms with Crippen LogP contribution in [0.1, 0.15) is 36.6 Å². The van der Waals surface area contributed by atoms with Crippen molar-refractivity contribution in [1.29, 1.82) is 0 Å². The third-order valence-corrected chi connectivity index (χ3v) is 6.03. The minimum Gasteiger partial charge on any atom is -0.491 e. The molecule has 28 heavy (non-hydrogen) atoms. The van der Waals surface area contributed by atoms with Gasteiger partial charge in [-0.15, -0.1) is 11.3 Å². The fourth-order valence-corrected chi connectivity index (χ4v) is 4.75. The summed E-state index contributed by atoms with van der Waals surface area (Å²) < 4.78 is 55.0. The molecule has 146 valence electrons. The van der Waals surface area contributed by atoms with E-state index in [4.69, 9.17) is 9.47 Å². The van der Waals surface area contributed by atoms with Crippen molar-refractivity contribution in [3.63, 3.8) is 0 Å². The highest BCUT2D eigenvalue weighted by atomic mass is 32.1. The molecular weight excluding hydrogens is 385 g/mol. The van der Waals surface area contributed by atoms with E-state index in [1.54, 1.807) is 6.07 Å². The average molecular weight is 404 g/mol. The molecular formula is C22H19F3O2S. The van der Waals surface area contributed by atoms with Crippen LogP contribution in [0.25, 0.3) is 27.0 Å². The molecule has 2 nitrogen and oxygen atoms in total. The van der Waals surface area contributed by atoms with Gasteiger partial charge < -0.3 is 9.47 Å². The van der Waals surface area contributed by atoms with Crippen molar-refractivity contribution >= 4 is 27.2 Å². The highest BCUT2D eigenvalue weighted by molar-refractivity contribution is 7.20. The zero-order valence-electron chi connectivity index (χ0n) is 15.6. The summed E-state index contributed by atoms with van der Waals surface area (Å²) in [5, 5.41) is 0.710. The number of hydrogen-bond acceptors (Lipinski definition) is 3. The van der Waals surface area contributed by atoms with E-state index < -0.39 is 17.4 Å². The molecule has 0 radical (unpaired) electrons. The summed E-state index contributed by atoms with van der Waals surface area (Å²) >= 11 is 1.35. The largest absolute Gasteiger partial charge is 0.491 e. The lowest BCUT2D eigenvalue weighted by atomic mass is 9.96. The lowest BCUT2D eigenvalue weighted by molar-refractivity contribution is 0.265. The topological polar surface area (TPSA) is 18.5 Å². The number of hydrogen-bond donors (Lipinski definition) is 0. The summed E-state index contributed by atoms with van der Waals surface area (Å²) in [5.41, 5.74) is 1.26. The van der Waals surface area contributed by atoms with Gasteiger partial charge in [-0.05, 0) is 43.2 Å². The van der Waals surface area contributed by atoms with E-state index >= 15 is 4.39 Å². The van der Waals surface area contributed by atoms with E-state index in [2.05, 4.69) is 6.92 Å². The highest BCUT2D eigenvalue weighted by Crippen LogP contribution is 2.49. The van der Waals surface area contributed by atoms with Crippen molar-refractivity contribution in [3.05, 3.63) is 58.2 Å². The third-order valence-electron chi connectivity index (χ3n) is 4.86. The zero-order chi connectivity index (χ0) is 19.8. The minimum absolute atomic E-state index is 0.0508. The SMILES string of the molecule is CCCC/C=C1\OCc2cc(F)c(OC)c(F)c2-c2c1sc1cc(F)ccc21. The summed E-state index contributed by atoms with van der Waals surface area (Å²) in [6.07, 6.45) is 4.81. The second-order valence-electron chi connectivity index (χ2n) is 6.69. The lowest BCUT2D eigenvalue weighted by Crippen LogP contribution is -2.00. The molecule has 6 heteroatoms. The quantitative estimate of drug-likeness (QED) is 0.434. The van der Waals surface area contributed by atoms with Gasteiger partial charge in [0.25, 0.3) is 0 Å². The van der Waals surface area contributed by atoms with Gasteiger partial charge in [0.15, 0.2) is 17.4 Å². The predicted molar refractivity (Wildman–Crippen MR) is 106 cm³/mol. The Hall–Kier alpha value is -2.47. The molecule has 0 bridgehead atoms. The number of ether oxygens (including phenoxy) is 2. The molecule has 0 spiro atoms. The van der Waals surface area contributed by atoms with Gasteiger partial charge >= 0.3 is 0 Å². The number of rotatable bonds is 4. The molecule has 1 aliphatic rings. The first kappa shape index (κ1) is 18.9. The summed E-state index contributed by atoms with van der Waals surface area (Å²) in [5.74, 6) is -1.70. The first-order valence-corrected chi connectivity index (χ1v) is 9.97. The van der Waals surface area contributed by atoms with Crippen molar-refractivity contribution in [2.75, 3.05) is 7.11 Å². The van der Waals surface area contributed by atoms with Crippen LogP contribution >= 0.6 is 11.3 Å². The van der Waals surface area contributed by atoms with Gasteiger partial charge in [-0.25, -0.2) is 13.2 Å². The van der Waals surface area contributed by atoms with Crippen molar-refractivity contribution in [3.8, 4) is 16.9 Å². The molecule has 0 aliphatic carbocycles. The Morgan fingerprint density at radius 3 is 2.75 bits per heavy atom. The maximum atomic E-state index is 15.3.